The van der Waals surface area contributed by atoms with Crippen LogP contribution in [0.4, 0.5) is 0 Å². The van der Waals surface area contributed by atoms with Gasteiger partial charge in [0.2, 0.25) is 5.91 Å². The molecule has 1 aromatic heterocycles. The van der Waals surface area contributed by atoms with Crippen LogP contribution in [0.15, 0.2) is 6.07 Å². The SMILES string of the molecule is CCN(CC)[C@@H]1CCN(C(=O)c2cc3n(n2)CCCN(C(C)=O)C3)C1. The van der Waals surface area contributed by atoms with Crippen LogP contribution in [0.25, 0.3) is 0 Å². The quantitative estimate of drug-likeness (QED) is 0.821. The fourth-order valence-corrected chi connectivity index (χ4v) is 3.96. The molecule has 2 amide bonds. The van der Waals surface area contributed by atoms with E-state index in [0.717, 1.165) is 57.8 Å². The lowest BCUT2D eigenvalue weighted by Gasteiger charge is -2.25. The van der Waals surface area contributed by atoms with Gasteiger partial charge in [0.25, 0.3) is 5.91 Å². The fraction of sp³-hybridized carbons (Fsp3) is 0.722. The summed E-state index contributed by atoms with van der Waals surface area (Å²) in [5, 5.41) is 4.53. The average Bonchev–Trinajstić information content (AvgIpc) is 3.18. The minimum absolute atomic E-state index is 0.0182. The Kier molecular flexibility index (Phi) is 5.42. The van der Waals surface area contributed by atoms with Crippen molar-refractivity contribution in [2.75, 3.05) is 32.7 Å². The maximum Gasteiger partial charge on any atom is 0.274 e. The van der Waals surface area contributed by atoms with Crippen molar-refractivity contribution in [1.29, 1.82) is 0 Å². The van der Waals surface area contributed by atoms with E-state index in [0.29, 0.717) is 18.3 Å². The molecular weight excluding hydrogens is 318 g/mol. The number of hydrogen-bond donors (Lipinski definition) is 0. The maximum atomic E-state index is 12.9. The second kappa shape index (κ2) is 7.56. The molecule has 1 saturated heterocycles. The number of amides is 2. The number of aryl methyl sites for hydroxylation is 1. The number of fused-ring (bicyclic) bond motifs is 1. The Morgan fingerprint density at radius 2 is 1.96 bits per heavy atom. The maximum absolute atomic E-state index is 12.9. The van der Waals surface area contributed by atoms with Crippen LogP contribution < -0.4 is 0 Å². The first-order valence-corrected chi connectivity index (χ1v) is 9.39. The van der Waals surface area contributed by atoms with E-state index in [-0.39, 0.29) is 11.8 Å². The van der Waals surface area contributed by atoms with Gasteiger partial charge in [0.15, 0.2) is 5.69 Å². The summed E-state index contributed by atoms with van der Waals surface area (Å²) in [5.41, 5.74) is 1.47. The van der Waals surface area contributed by atoms with E-state index in [1.807, 2.05) is 20.5 Å². The molecule has 0 saturated carbocycles. The number of nitrogens with zero attached hydrogens (tertiary/aromatic N) is 5. The summed E-state index contributed by atoms with van der Waals surface area (Å²) in [6.45, 7) is 11.6. The molecule has 25 heavy (non-hydrogen) atoms. The van der Waals surface area contributed by atoms with Gasteiger partial charge in [-0.3, -0.25) is 19.2 Å². The van der Waals surface area contributed by atoms with E-state index in [9.17, 15) is 9.59 Å². The van der Waals surface area contributed by atoms with Crippen molar-refractivity contribution in [3.8, 4) is 0 Å². The average molecular weight is 347 g/mol. The van der Waals surface area contributed by atoms with Gasteiger partial charge in [-0.05, 0) is 32.0 Å². The van der Waals surface area contributed by atoms with Gasteiger partial charge < -0.3 is 9.80 Å². The largest absolute Gasteiger partial charge is 0.337 e. The van der Waals surface area contributed by atoms with Crippen LogP contribution in [0.3, 0.4) is 0 Å². The zero-order chi connectivity index (χ0) is 18.0. The Morgan fingerprint density at radius 1 is 1.20 bits per heavy atom. The van der Waals surface area contributed by atoms with Crippen molar-refractivity contribution in [3.05, 3.63) is 17.5 Å². The second-order valence-corrected chi connectivity index (χ2v) is 6.95. The van der Waals surface area contributed by atoms with Gasteiger partial charge in [0.1, 0.15) is 0 Å². The number of likely N-dealkylation sites (tertiary alicyclic amines) is 1. The third-order valence-corrected chi connectivity index (χ3v) is 5.46. The Bertz CT molecular complexity index is 637. The molecular formula is C18H29N5O2. The summed E-state index contributed by atoms with van der Waals surface area (Å²) in [6, 6.07) is 2.32. The predicted octanol–water partition coefficient (Wildman–Crippen LogP) is 1.19. The number of carbonyl (C=O) groups is 2. The molecule has 3 heterocycles. The van der Waals surface area contributed by atoms with E-state index in [4.69, 9.17) is 0 Å². The highest BCUT2D eigenvalue weighted by molar-refractivity contribution is 5.92. The highest BCUT2D eigenvalue weighted by Gasteiger charge is 2.31. The molecule has 1 aromatic rings. The molecule has 0 unspecified atom stereocenters. The predicted molar refractivity (Wildman–Crippen MR) is 95.2 cm³/mol. The van der Waals surface area contributed by atoms with Crippen LogP contribution in [0.2, 0.25) is 0 Å². The van der Waals surface area contributed by atoms with Crippen molar-refractivity contribution in [2.45, 2.75) is 52.7 Å². The summed E-state index contributed by atoms with van der Waals surface area (Å²) >= 11 is 0. The fourth-order valence-electron chi connectivity index (χ4n) is 3.96. The van der Waals surface area contributed by atoms with Crippen LogP contribution in [0.1, 0.15) is 49.8 Å². The van der Waals surface area contributed by atoms with Gasteiger partial charge in [0, 0.05) is 39.1 Å². The van der Waals surface area contributed by atoms with Crippen molar-refractivity contribution >= 4 is 11.8 Å². The normalized spacial score (nSPS) is 20.7. The minimum atomic E-state index is 0.0182. The van der Waals surface area contributed by atoms with Gasteiger partial charge in [0.05, 0.1) is 12.2 Å². The van der Waals surface area contributed by atoms with E-state index in [1.54, 1.807) is 6.92 Å². The zero-order valence-corrected chi connectivity index (χ0v) is 15.6. The van der Waals surface area contributed by atoms with E-state index >= 15 is 0 Å². The molecule has 1 fully saturated rings. The van der Waals surface area contributed by atoms with Gasteiger partial charge in [-0.25, -0.2) is 0 Å². The highest BCUT2D eigenvalue weighted by Crippen LogP contribution is 2.20. The molecule has 0 radical (unpaired) electrons. The Balaban J connectivity index is 1.70. The summed E-state index contributed by atoms with van der Waals surface area (Å²) in [7, 11) is 0. The van der Waals surface area contributed by atoms with Crippen LogP contribution in [-0.2, 0) is 17.9 Å². The third kappa shape index (κ3) is 3.71. The van der Waals surface area contributed by atoms with Gasteiger partial charge >= 0.3 is 0 Å². The second-order valence-electron chi connectivity index (χ2n) is 6.95. The smallest absolute Gasteiger partial charge is 0.274 e. The molecule has 7 nitrogen and oxygen atoms in total. The third-order valence-electron chi connectivity index (χ3n) is 5.46. The first-order valence-electron chi connectivity index (χ1n) is 9.39. The number of aromatic nitrogens is 2. The Morgan fingerprint density at radius 3 is 2.64 bits per heavy atom. The van der Waals surface area contributed by atoms with E-state index < -0.39 is 0 Å². The molecule has 0 N–H and O–H groups in total. The van der Waals surface area contributed by atoms with Crippen molar-refractivity contribution in [1.82, 2.24) is 24.5 Å². The first-order chi connectivity index (χ1) is 12.0. The lowest BCUT2D eigenvalue weighted by atomic mass is 10.2. The standard InChI is InChI=1S/C18H29N5O2/c1-4-20(5-2)15-7-10-22(12-15)18(25)17-11-16-13-21(14(3)24)8-6-9-23(16)19-17/h11,15H,4-10,12-13H2,1-3H3/t15-/m1/s1. The zero-order valence-electron chi connectivity index (χ0n) is 15.6. The summed E-state index contributed by atoms with van der Waals surface area (Å²) in [6.07, 6.45) is 1.90. The molecule has 7 heteroatoms. The molecule has 2 aliphatic rings. The summed E-state index contributed by atoms with van der Waals surface area (Å²) in [5.74, 6) is 0.0914. The number of likely N-dealkylation sites (N-methyl/N-ethyl adjacent to an activating group) is 1. The molecule has 0 aromatic carbocycles. The molecule has 0 bridgehead atoms. The van der Waals surface area contributed by atoms with Crippen LogP contribution in [-0.4, -0.2) is 75.1 Å². The summed E-state index contributed by atoms with van der Waals surface area (Å²) in [4.78, 5) is 30.7. The first kappa shape index (κ1) is 17.9. The molecule has 0 spiro atoms. The number of carbonyl (C=O) groups excluding carboxylic acids is 2. The number of hydrogen-bond acceptors (Lipinski definition) is 4. The van der Waals surface area contributed by atoms with E-state index in [1.165, 1.54) is 0 Å². The lowest BCUT2D eigenvalue weighted by Crippen LogP contribution is -2.38. The minimum Gasteiger partial charge on any atom is -0.337 e. The van der Waals surface area contributed by atoms with Crippen LogP contribution in [0, 0.1) is 0 Å². The van der Waals surface area contributed by atoms with Gasteiger partial charge in [-0.2, -0.15) is 5.10 Å². The van der Waals surface area contributed by atoms with Crippen LogP contribution >= 0.6 is 0 Å². The molecule has 2 aliphatic heterocycles. The number of rotatable bonds is 4. The van der Waals surface area contributed by atoms with Crippen LogP contribution in [0.5, 0.6) is 0 Å². The Hall–Kier alpha value is -1.89. The molecule has 138 valence electrons. The molecule has 3 rings (SSSR count). The van der Waals surface area contributed by atoms with Crippen molar-refractivity contribution in [3.63, 3.8) is 0 Å². The van der Waals surface area contributed by atoms with Crippen molar-refractivity contribution in [2.24, 2.45) is 0 Å². The summed E-state index contributed by atoms with van der Waals surface area (Å²) < 4.78 is 1.90. The Labute approximate surface area is 149 Å². The molecule has 0 aliphatic carbocycles. The highest BCUT2D eigenvalue weighted by atomic mass is 16.2. The molecule has 1 atom stereocenters. The topological polar surface area (TPSA) is 61.7 Å². The lowest BCUT2D eigenvalue weighted by molar-refractivity contribution is -0.129. The van der Waals surface area contributed by atoms with Gasteiger partial charge in [-0.15, -0.1) is 0 Å². The monoisotopic (exact) mass is 347 g/mol. The van der Waals surface area contributed by atoms with Crippen molar-refractivity contribution < 1.29 is 9.59 Å². The van der Waals surface area contributed by atoms with E-state index in [2.05, 4.69) is 23.8 Å². The van der Waals surface area contributed by atoms with Gasteiger partial charge in [-0.1, -0.05) is 13.8 Å².